The van der Waals surface area contributed by atoms with Crippen LogP contribution in [0.4, 0.5) is 0 Å². The summed E-state index contributed by atoms with van der Waals surface area (Å²) in [4.78, 5) is 0. The van der Waals surface area contributed by atoms with Gasteiger partial charge in [0.25, 0.3) is 0 Å². The van der Waals surface area contributed by atoms with Crippen LogP contribution in [0, 0.1) is 13.8 Å². The Morgan fingerprint density at radius 1 is 1.11 bits per heavy atom. The highest BCUT2D eigenvalue weighted by atomic mass is 16.5. The molecule has 0 spiro atoms. The standard InChI is InChI=1S/C16H25NO/c1-12-11-15(18-4)13(2)10-14(12)16(3)8-6-5-7-9-17-16/h10-11,17H,5-9H2,1-4H3. The van der Waals surface area contributed by atoms with Crippen molar-refractivity contribution in [1.82, 2.24) is 5.32 Å². The molecule has 0 amide bonds. The van der Waals surface area contributed by atoms with E-state index in [0.29, 0.717) is 0 Å². The molecule has 2 rings (SSSR count). The van der Waals surface area contributed by atoms with Crippen molar-refractivity contribution in [2.24, 2.45) is 0 Å². The lowest BCUT2D eigenvalue weighted by molar-refractivity contribution is 0.356. The molecule has 1 saturated heterocycles. The smallest absolute Gasteiger partial charge is 0.122 e. The van der Waals surface area contributed by atoms with Crippen LogP contribution >= 0.6 is 0 Å². The fourth-order valence-electron chi connectivity index (χ4n) is 3.07. The van der Waals surface area contributed by atoms with E-state index in [9.17, 15) is 0 Å². The maximum atomic E-state index is 5.41. The minimum absolute atomic E-state index is 0.123. The van der Waals surface area contributed by atoms with Gasteiger partial charge in [-0.2, -0.15) is 0 Å². The molecule has 1 aliphatic heterocycles. The highest BCUT2D eigenvalue weighted by Gasteiger charge is 2.29. The van der Waals surface area contributed by atoms with Gasteiger partial charge in [0.15, 0.2) is 0 Å². The molecule has 1 aromatic carbocycles. The summed E-state index contributed by atoms with van der Waals surface area (Å²) in [6, 6.07) is 4.47. The van der Waals surface area contributed by atoms with Crippen LogP contribution < -0.4 is 10.1 Å². The molecule has 1 unspecified atom stereocenters. The molecule has 1 fully saturated rings. The largest absolute Gasteiger partial charge is 0.496 e. The zero-order valence-corrected chi connectivity index (χ0v) is 12.1. The lowest BCUT2D eigenvalue weighted by atomic mass is 9.84. The molecule has 0 saturated carbocycles. The molecular weight excluding hydrogens is 222 g/mol. The van der Waals surface area contributed by atoms with E-state index >= 15 is 0 Å². The second kappa shape index (κ2) is 5.31. The van der Waals surface area contributed by atoms with Crippen molar-refractivity contribution in [3.8, 4) is 5.75 Å². The van der Waals surface area contributed by atoms with Crippen molar-refractivity contribution in [2.75, 3.05) is 13.7 Å². The zero-order chi connectivity index (χ0) is 13.2. The molecule has 0 bridgehead atoms. The van der Waals surface area contributed by atoms with E-state index in [4.69, 9.17) is 4.74 Å². The van der Waals surface area contributed by atoms with Gasteiger partial charge in [0, 0.05) is 5.54 Å². The lowest BCUT2D eigenvalue weighted by Gasteiger charge is -2.32. The van der Waals surface area contributed by atoms with E-state index in [1.807, 2.05) is 0 Å². The van der Waals surface area contributed by atoms with Crippen molar-refractivity contribution in [3.63, 3.8) is 0 Å². The van der Waals surface area contributed by atoms with Gasteiger partial charge in [-0.3, -0.25) is 0 Å². The topological polar surface area (TPSA) is 21.3 Å². The third-order valence-corrected chi connectivity index (χ3v) is 4.21. The Labute approximate surface area is 111 Å². The van der Waals surface area contributed by atoms with Crippen LogP contribution in [-0.4, -0.2) is 13.7 Å². The van der Waals surface area contributed by atoms with Gasteiger partial charge in [-0.25, -0.2) is 0 Å². The van der Waals surface area contributed by atoms with Gasteiger partial charge in [0.1, 0.15) is 5.75 Å². The fourth-order valence-corrected chi connectivity index (χ4v) is 3.07. The van der Waals surface area contributed by atoms with Crippen molar-refractivity contribution >= 4 is 0 Å². The van der Waals surface area contributed by atoms with Crippen molar-refractivity contribution < 1.29 is 4.74 Å². The molecule has 1 N–H and O–H groups in total. The third kappa shape index (κ3) is 2.54. The van der Waals surface area contributed by atoms with Crippen LogP contribution in [0.25, 0.3) is 0 Å². The van der Waals surface area contributed by atoms with Crippen LogP contribution in [0.1, 0.15) is 49.3 Å². The summed E-state index contributed by atoms with van der Waals surface area (Å²) in [6.07, 6.45) is 5.17. The molecule has 1 heterocycles. The van der Waals surface area contributed by atoms with Gasteiger partial charge in [-0.15, -0.1) is 0 Å². The van der Waals surface area contributed by atoms with E-state index in [-0.39, 0.29) is 5.54 Å². The number of methoxy groups -OCH3 is 1. The van der Waals surface area contributed by atoms with E-state index < -0.39 is 0 Å². The Balaban J connectivity index is 2.39. The minimum atomic E-state index is 0.123. The van der Waals surface area contributed by atoms with Crippen LogP contribution in [0.15, 0.2) is 12.1 Å². The lowest BCUT2D eigenvalue weighted by Crippen LogP contribution is -2.39. The molecule has 18 heavy (non-hydrogen) atoms. The SMILES string of the molecule is COc1cc(C)c(C2(C)CCCCCN2)cc1C. The minimum Gasteiger partial charge on any atom is -0.496 e. The highest BCUT2D eigenvalue weighted by molar-refractivity contribution is 5.44. The van der Waals surface area contributed by atoms with Crippen molar-refractivity contribution in [1.29, 1.82) is 0 Å². The normalized spacial score (nSPS) is 24.7. The van der Waals surface area contributed by atoms with Gasteiger partial charge in [0.2, 0.25) is 0 Å². The monoisotopic (exact) mass is 247 g/mol. The van der Waals surface area contributed by atoms with Crippen LogP contribution in [-0.2, 0) is 5.54 Å². The molecule has 2 nitrogen and oxygen atoms in total. The molecular formula is C16H25NO. The number of rotatable bonds is 2. The van der Waals surface area contributed by atoms with Gasteiger partial charge in [-0.05, 0) is 62.9 Å². The maximum absolute atomic E-state index is 5.41. The fraction of sp³-hybridized carbons (Fsp3) is 0.625. The van der Waals surface area contributed by atoms with Gasteiger partial charge in [-0.1, -0.05) is 18.9 Å². The predicted octanol–water partition coefficient (Wildman–Crippen LogP) is 3.69. The Hall–Kier alpha value is -1.02. The van der Waals surface area contributed by atoms with E-state index in [1.165, 1.54) is 42.4 Å². The second-order valence-corrected chi connectivity index (χ2v) is 5.71. The predicted molar refractivity (Wildman–Crippen MR) is 76.3 cm³/mol. The first-order valence-electron chi connectivity index (χ1n) is 6.97. The Bertz CT molecular complexity index is 417. The number of aryl methyl sites for hydroxylation is 2. The van der Waals surface area contributed by atoms with Gasteiger partial charge >= 0.3 is 0 Å². The summed E-state index contributed by atoms with van der Waals surface area (Å²) < 4.78 is 5.41. The van der Waals surface area contributed by atoms with Crippen molar-refractivity contribution in [3.05, 3.63) is 28.8 Å². The van der Waals surface area contributed by atoms with Crippen molar-refractivity contribution in [2.45, 2.75) is 52.0 Å². The summed E-state index contributed by atoms with van der Waals surface area (Å²) in [5, 5.41) is 3.74. The average molecular weight is 247 g/mol. The number of nitrogens with one attached hydrogen (secondary N) is 1. The molecule has 1 atom stereocenters. The number of ether oxygens (including phenoxy) is 1. The first kappa shape index (κ1) is 13.4. The molecule has 0 radical (unpaired) electrons. The molecule has 0 aliphatic carbocycles. The second-order valence-electron chi connectivity index (χ2n) is 5.71. The summed E-state index contributed by atoms with van der Waals surface area (Å²) in [7, 11) is 1.74. The van der Waals surface area contributed by atoms with Crippen LogP contribution in [0.3, 0.4) is 0 Å². The number of benzene rings is 1. The zero-order valence-electron chi connectivity index (χ0n) is 12.1. The van der Waals surface area contributed by atoms with E-state index in [2.05, 4.69) is 38.2 Å². The molecule has 1 aliphatic rings. The first-order valence-corrected chi connectivity index (χ1v) is 6.97. The molecule has 0 aromatic heterocycles. The third-order valence-electron chi connectivity index (χ3n) is 4.21. The van der Waals surface area contributed by atoms with E-state index in [0.717, 1.165) is 12.3 Å². The van der Waals surface area contributed by atoms with E-state index in [1.54, 1.807) is 7.11 Å². The van der Waals surface area contributed by atoms with Gasteiger partial charge in [0.05, 0.1) is 7.11 Å². The van der Waals surface area contributed by atoms with Crippen LogP contribution in [0.2, 0.25) is 0 Å². The molecule has 2 heteroatoms. The number of hydrogen-bond donors (Lipinski definition) is 1. The summed E-state index contributed by atoms with van der Waals surface area (Å²) >= 11 is 0. The quantitative estimate of drug-likeness (QED) is 0.860. The Morgan fingerprint density at radius 3 is 2.61 bits per heavy atom. The van der Waals surface area contributed by atoms with Gasteiger partial charge < -0.3 is 10.1 Å². The highest BCUT2D eigenvalue weighted by Crippen LogP contribution is 2.34. The molecule has 1 aromatic rings. The summed E-state index contributed by atoms with van der Waals surface area (Å²) in [5.41, 5.74) is 4.11. The Kier molecular flexibility index (Phi) is 3.96. The maximum Gasteiger partial charge on any atom is 0.122 e. The molecule has 100 valence electrons. The van der Waals surface area contributed by atoms with Crippen LogP contribution in [0.5, 0.6) is 5.75 Å². The summed E-state index contributed by atoms with van der Waals surface area (Å²) in [5.74, 6) is 0.994. The first-order chi connectivity index (χ1) is 8.57. The Morgan fingerprint density at radius 2 is 1.89 bits per heavy atom. The number of hydrogen-bond acceptors (Lipinski definition) is 2. The summed E-state index contributed by atoms with van der Waals surface area (Å²) in [6.45, 7) is 7.78. The average Bonchev–Trinajstić information content (AvgIpc) is 2.57.